The van der Waals surface area contributed by atoms with E-state index in [4.69, 9.17) is 10.5 Å². The number of ether oxygens (including phenoxy) is 1. The van der Waals surface area contributed by atoms with Crippen molar-refractivity contribution in [3.05, 3.63) is 36.0 Å². The van der Waals surface area contributed by atoms with Crippen molar-refractivity contribution in [3.63, 3.8) is 0 Å². The highest BCUT2D eigenvalue weighted by atomic mass is 32.2. The molecular formula is C24H32N4O4S. The molecule has 1 aliphatic heterocycles. The van der Waals surface area contributed by atoms with Crippen LogP contribution in [0.25, 0.3) is 0 Å². The number of hydrogen-bond acceptors (Lipinski definition) is 7. The summed E-state index contributed by atoms with van der Waals surface area (Å²) in [5.41, 5.74) is 5.34. The number of hydrogen-bond donors (Lipinski definition) is 1. The first kappa shape index (κ1) is 23.5. The first-order valence-corrected chi connectivity index (χ1v) is 13.0. The summed E-state index contributed by atoms with van der Waals surface area (Å²) >= 11 is 0. The molecule has 178 valence electrons. The van der Waals surface area contributed by atoms with Gasteiger partial charge in [0.15, 0.2) is 5.03 Å². The van der Waals surface area contributed by atoms with Crippen molar-refractivity contribution in [3.8, 4) is 5.88 Å². The number of amides is 1. The van der Waals surface area contributed by atoms with Gasteiger partial charge in [0.25, 0.3) is 5.91 Å². The largest absolute Gasteiger partial charge is 0.474 e. The van der Waals surface area contributed by atoms with E-state index in [0.717, 1.165) is 32.1 Å². The van der Waals surface area contributed by atoms with Gasteiger partial charge in [-0.25, -0.2) is 18.4 Å². The van der Waals surface area contributed by atoms with Crippen LogP contribution >= 0.6 is 0 Å². The zero-order valence-corrected chi connectivity index (χ0v) is 20.3. The van der Waals surface area contributed by atoms with Crippen LogP contribution in [-0.2, 0) is 9.84 Å². The van der Waals surface area contributed by atoms with Gasteiger partial charge in [-0.3, -0.25) is 4.79 Å². The van der Waals surface area contributed by atoms with E-state index in [9.17, 15) is 13.2 Å². The highest BCUT2D eigenvalue weighted by Gasteiger charge is 2.40. The minimum atomic E-state index is -4.14. The summed E-state index contributed by atoms with van der Waals surface area (Å²) < 4.78 is 33.2. The minimum Gasteiger partial charge on any atom is -0.474 e. The summed E-state index contributed by atoms with van der Waals surface area (Å²) in [5.74, 6) is 0.111. The zero-order chi connectivity index (χ0) is 23.8. The van der Waals surface area contributed by atoms with E-state index in [1.54, 1.807) is 12.1 Å². The molecule has 1 aliphatic carbocycles. The van der Waals surface area contributed by atoms with Crippen LogP contribution in [0.1, 0.15) is 69.7 Å². The number of carbonyl (C=O) groups excluding carboxylic acids is 1. The first-order chi connectivity index (χ1) is 15.6. The van der Waals surface area contributed by atoms with Crippen molar-refractivity contribution in [2.24, 2.45) is 11.7 Å². The van der Waals surface area contributed by atoms with Crippen LogP contribution in [0.15, 0.2) is 40.4 Å². The van der Waals surface area contributed by atoms with Crippen LogP contribution < -0.4 is 15.4 Å². The number of primary amides is 1. The quantitative estimate of drug-likeness (QED) is 0.681. The topological polar surface area (TPSA) is 115 Å². The van der Waals surface area contributed by atoms with Crippen LogP contribution in [0.2, 0.25) is 0 Å². The van der Waals surface area contributed by atoms with Gasteiger partial charge in [0.2, 0.25) is 15.7 Å². The van der Waals surface area contributed by atoms with Gasteiger partial charge >= 0.3 is 0 Å². The number of rotatable bonds is 6. The average molecular weight is 473 g/mol. The highest BCUT2D eigenvalue weighted by Crippen LogP contribution is 2.39. The van der Waals surface area contributed by atoms with Crippen LogP contribution in [0.4, 0.5) is 5.82 Å². The molecule has 0 radical (unpaired) electrons. The van der Waals surface area contributed by atoms with E-state index in [1.165, 1.54) is 24.8 Å². The number of sulfone groups is 1. The van der Waals surface area contributed by atoms with Crippen LogP contribution in [0, 0.1) is 5.92 Å². The van der Waals surface area contributed by atoms with Crippen LogP contribution in [-0.4, -0.2) is 42.5 Å². The summed E-state index contributed by atoms with van der Waals surface area (Å²) in [6, 6.07) is 6.00. The molecule has 1 atom stereocenters. The number of pyridine rings is 2. The molecule has 1 saturated carbocycles. The molecular weight excluding hydrogens is 440 g/mol. The lowest BCUT2D eigenvalue weighted by molar-refractivity contribution is 0.0997. The van der Waals surface area contributed by atoms with E-state index in [2.05, 4.69) is 30.7 Å². The lowest BCUT2D eigenvalue weighted by Gasteiger charge is -2.33. The second kappa shape index (κ2) is 8.93. The smallest absolute Gasteiger partial charge is 0.253 e. The Morgan fingerprint density at radius 3 is 2.55 bits per heavy atom. The van der Waals surface area contributed by atoms with Crippen molar-refractivity contribution >= 4 is 21.6 Å². The standard InChI is InChI=1S/C24H32N4O4S/c1-16-14-24(2,3)28(15-16)23-21(22(25)29)18(12-13-26-23)33(30,31)20-11-7-10-19(27-20)32-17-8-5-4-6-9-17/h7,10-13,16-17H,4-6,8-9,14-15H2,1-3H3,(H2,25,29). The molecule has 2 aromatic heterocycles. The van der Waals surface area contributed by atoms with E-state index in [1.807, 2.05) is 4.90 Å². The van der Waals surface area contributed by atoms with Gasteiger partial charge in [0, 0.05) is 24.3 Å². The molecule has 4 rings (SSSR count). The molecule has 1 unspecified atom stereocenters. The van der Waals surface area contributed by atoms with Gasteiger partial charge in [-0.15, -0.1) is 0 Å². The molecule has 0 bridgehead atoms. The summed E-state index contributed by atoms with van der Waals surface area (Å²) in [6.45, 7) is 6.89. The van der Waals surface area contributed by atoms with E-state index in [0.29, 0.717) is 18.3 Å². The Morgan fingerprint density at radius 2 is 1.91 bits per heavy atom. The Morgan fingerprint density at radius 1 is 1.18 bits per heavy atom. The highest BCUT2D eigenvalue weighted by molar-refractivity contribution is 7.91. The third-order valence-corrected chi connectivity index (χ3v) is 8.27. The molecule has 1 saturated heterocycles. The third-order valence-electron chi connectivity index (χ3n) is 6.57. The molecule has 8 nitrogen and oxygen atoms in total. The molecule has 2 aromatic rings. The molecule has 0 spiro atoms. The number of nitrogens with zero attached hydrogens (tertiary/aromatic N) is 3. The predicted octanol–water partition coefficient (Wildman–Crippen LogP) is 3.74. The van der Waals surface area contributed by atoms with Crippen molar-refractivity contribution < 1.29 is 17.9 Å². The molecule has 2 aliphatic rings. The van der Waals surface area contributed by atoms with Crippen molar-refractivity contribution in [1.82, 2.24) is 9.97 Å². The Balaban J connectivity index is 1.74. The normalized spacial score (nSPS) is 21.2. The molecule has 2 fully saturated rings. The lowest BCUT2D eigenvalue weighted by Crippen LogP contribution is -2.40. The fourth-order valence-electron chi connectivity index (χ4n) is 5.13. The maximum Gasteiger partial charge on any atom is 0.253 e. The minimum absolute atomic E-state index is 0.0392. The van der Waals surface area contributed by atoms with Crippen molar-refractivity contribution in [2.45, 2.75) is 80.9 Å². The monoisotopic (exact) mass is 472 g/mol. The van der Waals surface area contributed by atoms with Crippen molar-refractivity contribution in [1.29, 1.82) is 0 Å². The van der Waals surface area contributed by atoms with E-state index < -0.39 is 15.7 Å². The fraction of sp³-hybridized carbons (Fsp3) is 0.542. The Kier molecular flexibility index (Phi) is 6.35. The second-order valence-electron chi connectivity index (χ2n) is 9.80. The molecule has 33 heavy (non-hydrogen) atoms. The number of aromatic nitrogens is 2. The van der Waals surface area contributed by atoms with Crippen LogP contribution in [0.5, 0.6) is 5.88 Å². The van der Waals surface area contributed by atoms with E-state index >= 15 is 0 Å². The predicted molar refractivity (Wildman–Crippen MR) is 125 cm³/mol. The molecule has 2 N–H and O–H groups in total. The number of anilines is 1. The molecule has 0 aromatic carbocycles. The maximum absolute atomic E-state index is 13.6. The molecule has 1 amide bonds. The Hall–Kier alpha value is -2.68. The van der Waals surface area contributed by atoms with Crippen molar-refractivity contribution in [2.75, 3.05) is 11.4 Å². The number of nitrogens with two attached hydrogens (primary N) is 1. The van der Waals surface area contributed by atoms with Gasteiger partial charge in [-0.2, -0.15) is 0 Å². The second-order valence-corrected chi connectivity index (χ2v) is 11.7. The molecule has 9 heteroatoms. The van der Waals surface area contributed by atoms with E-state index in [-0.39, 0.29) is 33.0 Å². The maximum atomic E-state index is 13.6. The van der Waals surface area contributed by atoms with Gasteiger partial charge in [-0.05, 0) is 64.0 Å². The van der Waals surface area contributed by atoms with Crippen LogP contribution in [0.3, 0.4) is 0 Å². The SMILES string of the molecule is CC1CN(c2nccc(S(=O)(=O)c3cccc(OC4CCCCC4)n3)c2C(N)=O)C(C)(C)C1. The average Bonchev–Trinajstić information content (AvgIpc) is 3.05. The zero-order valence-electron chi connectivity index (χ0n) is 19.5. The summed E-state index contributed by atoms with van der Waals surface area (Å²) in [4.78, 5) is 23.0. The Bertz CT molecular complexity index is 1140. The number of carbonyl (C=O) groups is 1. The summed E-state index contributed by atoms with van der Waals surface area (Å²) in [5, 5.41) is -0.176. The van der Waals surface area contributed by atoms with Gasteiger partial charge < -0.3 is 15.4 Å². The van der Waals surface area contributed by atoms with Gasteiger partial charge in [0.1, 0.15) is 17.5 Å². The van der Waals surface area contributed by atoms with Gasteiger partial charge in [0.05, 0.1) is 4.90 Å². The first-order valence-electron chi connectivity index (χ1n) is 11.5. The lowest BCUT2D eigenvalue weighted by atomic mass is 9.97. The Labute approximate surface area is 195 Å². The summed E-state index contributed by atoms with van der Waals surface area (Å²) in [7, 11) is -4.14. The summed E-state index contributed by atoms with van der Waals surface area (Å²) in [6.07, 6.45) is 7.59. The van der Waals surface area contributed by atoms with Gasteiger partial charge in [-0.1, -0.05) is 19.4 Å². The fourth-order valence-corrected chi connectivity index (χ4v) is 6.52. The molecule has 3 heterocycles. The third kappa shape index (κ3) is 4.69.